The Morgan fingerprint density at radius 3 is 2.73 bits per heavy atom. The number of aliphatic hydroxyl groups excluding tert-OH is 1. The van der Waals surface area contributed by atoms with Gasteiger partial charge in [0.15, 0.2) is 18.3 Å². The number of nitrogens with zero attached hydrogens (tertiary/aromatic N) is 2. The standard InChI is InChI=1S/C22H26N2O6/c1-16(27-12-17-8-4-3-5-9-17)7-6-10-19(25)18-13-28-22(24-18)21(30-15-26-2)20-11-23-14-29-20/h3-9,11,13-14,16,19,21,25H,10,12,15H2,1-2H3/b7-6-/t16-,19+,21+/m1/s1. The Hall–Kier alpha value is -2.78. The van der Waals surface area contributed by atoms with Gasteiger partial charge in [0.2, 0.25) is 5.89 Å². The van der Waals surface area contributed by atoms with Crippen molar-refractivity contribution in [3.05, 3.63) is 84.2 Å². The van der Waals surface area contributed by atoms with E-state index >= 15 is 0 Å². The minimum Gasteiger partial charge on any atom is -0.445 e. The van der Waals surface area contributed by atoms with Crippen molar-refractivity contribution in [1.82, 2.24) is 9.97 Å². The highest BCUT2D eigenvalue weighted by atomic mass is 16.7. The van der Waals surface area contributed by atoms with E-state index in [1.54, 1.807) is 0 Å². The van der Waals surface area contributed by atoms with Crippen LogP contribution in [0.5, 0.6) is 0 Å². The Morgan fingerprint density at radius 1 is 1.17 bits per heavy atom. The van der Waals surface area contributed by atoms with Crippen molar-refractivity contribution in [2.24, 2.45) is 0 Å². The van der Waals surface area contributed by atoms with Crippen molar-refractivity contribution in [3.8, 4) is 0 Å². The van der Waals surface area contributed by atoms with E-state index in [0.717, 1.165) is 5.56 Å². The fraction of sp³-hybridized carbons (Fsp3) is 0.364. The summed E-state index contributed by atoms with van der Waals surface area (Å²) in [5, 5.41) is 10.4. The number of hydrogen-bond acceptors (Lipinski definition) is 8. The maximum atomic E-state index is 10.4. The van der Waals surface area contributed by atoms with Crippen LogP contribution in [0.25, 0.3) is 0 Å². The SMILES string of the molecule is COCO[C@@H](c1cnco1)c1nc([C@@H](O)C/C=C\[C@@H](C)OCc2ccccc2)co1. The number of oxazole rings is 2. The quantitative estimate of drug-likeness (QED) is 0.351. The third-order valence-corrected chi connectivity index (χ3v) is 4.29. The summed E-state index contributed by atoms with van der Waals surface area (Å²) >= 11 is 0. The van der Waals surface area contributed by atoms with E-state index < -0.39 is 12.2 Å². The van der Waals surface area contributed by atoms with Crippen LogP contribution in [0.3, 0.4) is 0 Å². The number of ether oxygens (including phenoxy) is 3. The smallest absolute Gasteiger partial charge is 0.231 e. The first-order valence-corrected chi connectivity index (χ1v) is 9.62. The van der Waals surface area contributed by atoms with Crippen LogP contribution in [0.4, 0.5) is 0 Å². The van der Waals surface area contributed by atoms with E-state index in [0.29, 0.717) is 24.5 Å². The molecule has 0 spiro atoms. The zero-order chi connectivity index (χ0) is 21.2. The predicted molar refractivity (Wildman–Crippen MR) is 107 cm³/mol. The molecule has 0 saturated heterocycles. The van der Waals surface area contributed by atoms with Crippen LogP contribution >= 0.6 is 0 Å². The van der Waals surface area contributed by atoms with Gasteiger partial charge in [0.05, 0.1) is 18.9 Å². The van der Waals surface area contributed by atoms with Crippen molar-refractivity contribution in [2.45, 2.75) is 38.3 Å². The van der Waals surface area contributed by atoms with Gasteiger partial charge in [-0.15, -0.1) is 0 Å². The third kappa shape index (κ3) is 6.36. The van der Waals surface area contributed by atoms with Crippen molar-refractivity contribution in [3.63, 3.8) is 0 Å². The van der Waals surface area contributed by atoms with Gasteiger partial charge in [-0.05, 0) is 18.9 Å². The molecule has 0 radical (unpaired) electrons. The molecule has 0 saturated carbocycles. The molecule has 0 aliphatic rings. The molecule has 8 nitrogen and oxygen atoms in total. The molecule has 3 rings (SSSR count). The summed E-state index contributed by atoms with van der Waals surface area (Å²) in [6.45, 7) is 2.51. The highest BCUT2D eigenvalue weighted by Crippen LogP contribution is 2.27. The molecule has 0 unspecified atom stereocenters. The minimum absolute atomic E-state index is 0.0231. The largest absolute Gasteiger partial charge is 0.445 e. The van der Waals surface area contributed by atoms with Gasteiger partial charge in [-0.3, -0.25) is 0 Å². The lowest BCUT2D eigenvalue weighted by atomic mass is 10.2. The van der Waals surface area contributed by atoms with Crippen LogP contribution in [-0.2, 0) is 20.8 Å². The Kier molecular flexibility index (Phi) is 8.34. The molecule has 1 aromatic carbocycles. The molecule has 8 heteroatoms. The summed E-state index contributed by atoms with van der Waals surface area (Å²) < 4.78 is 27.1. The number of aliphatic hydroxyl groups is 1. The van der Waals surface area contributed by atoms with E-state index in [-0.39, 0.29) is 18.8 Å². The lowest BCUT2D eigenvalue weighted by molar-refractivity contribution is -0.0727. The van der Waals surface area contributed by atoms with Crippen molar-refractivity contribution < 1.29 is 28.2 Å². The highest BCUT2D eigenvalue weighted by Gasteiger charge is 2.25. The molecule has 0 fully saturated rings. The maximum Gasteiger partial charge on any atom is 0.231 e. The third-order valence-electron chi connectivity index (χ3n) is 4.29. The van der Waals surface area contributed by atoms with Gasteiger partial charge in [0.25, 0.3) is 0 Å². The van der Waals surface area contributed by atoms with Crippen molar-refractivity contribution in [1.29, 1.82) is 0 Å². The zero-order valence-electron chi connectivity index (χ0n) is 17.0. The van der Waals surface area contributed by atoms with E-state index in [4.69, 9.17) is 23.0 Å². The van der Waals surface area contributed by atoms with Crippen molar-refractivity contribution in [2.75, 3.05) is 13.9 Å². The maximum absolute atomic E-state index is 10.4. The summed E-state index contributed by atoms with van der Waals surface area (Å²) in [7, 11) is 1.51. The second kappa shape index (κ2) is 11.4. The molecular weight excluding hydrogens is 388 g/mol. The Balaban J connectivity index is 1.52. The Bertz CT molecular complexity index is 878. The van der Waals surface area contributed by atoms with Crippen LogP contribution in [-0.4, -0.2) is 35.1 Å². The average molecular weight is 414 g/mol. The normalized spacial score (nSPS) is 14.8. The summed E-state index contributed by atoms with van der Waals surface area (Å²) in [5.74, 6) is 0.681. The molecule has 160 valence electrons. The van der Waals surface area contributed by atoms with Gasteiger partial charge in [0, 0.05) is 7.11 Å². The highest BCUT2D eigenvalue weighted by molar-refractivity contribution is 5.14. The van der Waals surface area contributed by atoms with Crippen LogP contribution in [0.2, 0.25) is 0 Å². The fourth-order valence-corrected chi connectivity index (χ4v) is 2.72. The molecule has 0 amide bonds. The Morgan fingerprint density at radius 2 is 2.00 bits per heavy atom. The molecule has 1 N–H and O–H groups in total. The fourth-order valence-electron chi connectivity index (χ4n) is 2.72. The zero-order valence-corrected chi connectivity index (χ0v) is 17.0. The lowest BCUT2D eigenvalue weighted by Crippen LogP contribution is -2.09. The first-order chi connectivity index (χ1) is 14.7. The summed E-state index contributed by atoms with van der Waals surface area (Å²) in [6.07, 6.45) is 6.75. The minimum atomic E-state index is -0.821. The van der Waals surface area contributed by atoms with Crippen molar-refractivity contribution >= 4 is 0 Å². The molecule has 0 aliphatic heterocycles. The van der Waals surface area contributed by atoms with Crippen LogP contribution in [0.15, 0.2) is 70.2 Å². The van der Waals surface area contributed by atoms with Gasteiger partial charge < -0.3 is 28.2 Å². The summed E-state index contributed by atoms with van der Waals surface area (Å²) in [4.78, 5) is 8.23. The number of aromatic nitrogens is 2. The van der Waals surface area contributed by atoms with E-state index in [1.165, 1.54) is 26.0 Å². The van der Waals surface area contributed by atoms with E-state index in [2.05, 4.69) is 9.97 Å². The van der Waals surface area contributed by atoms with Crippen LogP contribution < -0.4 is 0 Å². The van der Waals surface area contributed by atoms with Crippen LogP contribution in [0, 0.1) is 0 Å². The number of methoxy groups -OCH3 is 1. The van der Waals surface area contributed by atoms with Gasteiger partial charge in [-0.2, -0.15) is 0 Å². The molecular formula is C22H26N2O6. The lowest BCUT2D eigenvalue weighted by Gasteiger charge is -2.11. The van der Waals surface area contributed by atoms with Gasteiger partial charge >= 0.3 is 0 Å². The predicted octanol–water partition coefficient (Wildman–Crippen LogP) is 3.96. The Labute approximate surface area is 175 Å². The van der Waals surface area contributed by atoms with Gasteiger partial charge in [-0.1, -0.05) is 42.5 Å². The number of hydrogen-bond donors (Lipinski definition) is 1. The monoisotopic (exact) mass is 414 g/mol. The first kappa shape index (κ1) is 21.9. The summed E-state index contributed by atoms with van der Waals surface area (Å²) in [6, 6.07) is 9.97. The molecule has 2 aromatic heterocycles. The molecule has 0 aliphatic carbocycles. The molecule has 0 bridgehead atoms. The second-order valence-corrected chi connectivity index (χ2v) is 6.65. The average Bonchev–Trinajstić information content (AvgIpc) is 3.46. The van der Waals surface area contributed by atoms with Gasteiger partial charge in [-0.25, -0.2) is 9.97 Å². The first-order valence-electron chi connectivity index (χ1n) is 9.62. The number of benzene rings is 1. The van der Waals surface area contributed by atoms with Crippen LogP contribution in [0.1, 0.15) is 48.5 Å². The van der Waals surface area contributed by atoms with Gasteiger partial charge in [0.1, 0.15) is 24.9 Å². The van der Waals surface area contributed by atoms with E-state index in [1.807, 2.05) is 49.4 Å². The number of rotatable bonds is 12. The van der Waals surface area contributed by atoms with E-state index in [9.17, 15) is 5.11 Å². The molecule has 3 aromatic rings. The molecule has 3 atom stereocenters. The topological polar surface area (TPSA) is 100.0 Å². The second-order valence-electron chi connectivity index (χ2n) is 6.65. The summed E-state index contributed by atoms with van der Waals surface area (Å²) in [5.41, 5.74) is 1.52. The molecule has 2 heterocycles. The molecule has 30 heavy (non-hydrogen) atoms.